The molecular formula is C15H13N3O3S. The van der Waals surface area contributed by atoms with Crippen LogP contribution < -0.4 is 10.1 Å². The molecular weight excluding hydrogens is 302 g/mol. The second-order valence-electron chi connectivity index (χ2n) is 4.12. The van der Waals surface area contributed by atoms with Crippen molar-refractivity contribution in [2.45, 2.75) is 6.92 Å². The van der Waals surface area contributed by atoms with Gasteiger partial charge in [-0.2, -0.15) is 5.26 Å². The van der Waals surface area contributed by atoms with Crippen LogP contribution >= 0.6 is 11.3 Å². The Morgan fingerprint density at radius 2 is 2.41 bits per heavy atom. The Hall–Kier alpha value is -2.85. The average molecular weight is 315 g/mol. The Balaban J connectivity index is 2.23. The van der Waals surface area contributed by atoms with Crippen LogP contribution in [-0.4, -0.2) is 22.6 Å². The van der Waals surface area contributed by atoms with Crippen LogP contribution in [0.5, 0.6) is 11.5 Å². The molecule has 0 spiro atoms. The molecule has 1 amide bonds. The van der Waals surface area contributed by atoms with Crippen molar-refractivity contribution in [3.63, 3.8) is 0 Å². The van der Waals surface area contributed by atoms with E-state index in [-0.39, 0.29) is 11.3 Å². The van der Waals surface area contributed by atoms with Crippen LogP contribution in [0.3, 0.4) is 0 Å². The number of ether oxygens (including phenoxy) is 1. The summed E-state index contributed by atoms with van der Waals surface area (Å²) in [5, 5.41) is 23.5. The maximum atomic E-state index is 12.0. The zero-order chi connectivity index (χ0) is 15.9. The lowest BCUT2D eigenvalue weighted by atomic mass is 10.1. The quantitative estimate of drug-likeness (QED) is 0.653. The van der Waals surface area contributed by atoms with Gasteiger partial charge in [0.05, 0.1) is 6.61 Å². The second-order valence-corrected chi connectivity index (χ2v) is 5.02. The smallest absolute Gasteiger partial charge is 0.268 e. The Morgan fingerprint density at radius 3 is 3.05 bits per heavy atom. The SMILES string of the molecule is CCOc1cc(C=C(C#N)C(=O)Nc2nccs2)ccc1O. The highest BCUT2D eigenvalue weighted by atomic mass is 32.1. The lowest BCUT2D eigenvalue weighted by molar-refractivity contribution is -0.112. The van der Waals surface area contributed by atoms with E-state index in [0.717, 1.165) is 0 Å². The number of hydrogen-bond donors (Lipinski definition) is 2. The molecule has 1 aromatic heterocycles. The standard InChI is InChI=1S/C15H13N3O3S/c1-2-21-13-8-10(3-4-12(13)19)7-11(9-16)14(20)18-15-17-5-6-22-15/h3-8,19H,2H2,1H3,(H,17,18,20). The molecule has 6 nitrogen and oxygen atoms in total. The zero-order valence-electron chi connectivity index (χ0n) is 11.7. The number of anilines is 1. The number of nitrogens with one attached hydrogen (secondary N) is 1. The van der Waals surface area contributed by atoms with E-state index in [9.17, 15) is 9.90 Å². The van der Waals surface area contributed by atoms with Crippen molar-refractivity contribution >= 4 is 28.5 Å². The van der Waals surface area contributed by atoms with Gasteiger partial charge in [0, 0.05) is 11.6 Å². The number of nitrogens with zero attached hydrogens (tertiary/aromatic N) is 2. The Morgan fingerprint density at radius 1 is 1.59 bits per heavy atom. The molecule has 0 aliphatic rings. The van der Waals surface area contributed by atoms with Crippen LogP contribution in [0.1, 0.15) is 12.5 Å². The number of hydrogen-bond acceptors (Lipinski definition) is 6. The number of aromatic hydroxyl groups is 1. The number of phenolic OH excluding ortho intramolecular Hbond substituents is 1. The van der Waals surface area contributed by atoms with Gasteiger partial charge >= 0.3 is 0 Å². The maximum Gasteiger partial charge on any atom is 0.268 e. The lowest BCUT2D eigenvalue weighted by Gasteiger charge is -2.06. The molecule has 0 bridgehead atoms. The average Bonchev–Trinajstić information content (AvgIpc) is 3.01. The van der Waals surface area contributed by atoms with Gasteiger partial charge in [-0.1, -0.05) is 6.07 Å². The van der Waals surface area contributed by atoms with Crippen LogP contribution in [0.2, 0.25) is 0 Å². The van der Waals surface area contributed by atoms with Crippen LogP contribution in [0.15, 0.2) is 35.3 Å². The first-order chi connectivity index (χ1) is 10.6. The van der Waals surface area contributed by atoms with Gasteiger partial charge in [-0.15, -0.1) is 11.3 Å². The number of carbonyl (C=O) groups excluding carboxylic acids is 1. The molecule has 7 heteroatoms. The minimum Gasteiger partial charge on any atom is -0.504 e. The predicted octanol–water partition coefficient (Wildman–Crippen LogP) is 2.79. The first-order valence-corrected chi connectivity index (χ1v) is 7.30. The fourth-order valence-electron chi connectivity index (χ4n) is 1.66. The summed E-state index contributed by atoms with van der Waals surface area (Å²) >= 11 is 1.26. The van der Waals surface area contributed by atoms with Gasteiger partial charge in [-0.05, 0) is 30.7 Å². The highest BCUT2D eigenvalue weighted by molar-refractivity contribution is 7.13. The van der Waals surface area contributed by atoms with Gasteiger partial charge in [0.15, 0.2) is 16.6 Å². The van der Waals surface area contributed by atoms with Gasteiger partial charge < -0.3 is 9.84 Å². The number of phenols is 1. The molecule has 0 saturated carbocycles. The summed E-state index contributed by atoms with van der Waals surface area (Å²) in [5.74, 6) is -0.234. The van der Waals surface area contributed by atoms with E-state index in [1.165, 1.54) is 23.5 Å². The third kappa shape index (κ3) is 3.84. The summed E-state index contributed by atoms with van der Waals surface area (Å²) in [4.78, 5) is 15.9. The van der Waals surface area contributed by atoms with Crippen LogP contribution in [0.4, 0.5) is 5.13 Å². The van der Waals surface area contributed by atoms with E-state index in [2.05, 4.69) is 10.3 Å². The fourth-order valence-corrected chi connectivity index (χ4v) is 2.18. The molecule has 2 aromatic rings. The maximum absolute atomic E-state index is 12.0. The topological polar surface area (TPSA) is 95.2 Å². The van der Waals surface area contributed by atoms with E-state index in [1.807, 2.05) is 6.07 Å². The highest BCUT2D eigenvalue weighted by Gasteiger charge is 2.11. The van der Waals surface area contributed by atoms with Crippen molar-refractivity contribution in [1.82, 2.24) is 4.98 Å². The van der Waals surface area contributed by atoms with Crippen molar-refractivity contribution in [2.75, 3.05) is 11.9 Å². The molecule has 0 aliphatic carbocycles. The minimum atomic E-state index is -0.538. The van der Waals surface area contributed by atoms with Gasteiger partial charge in [-0.3, -0.25) is 10.1 Å². The van der Waals surface area contributed by atoms with E-state index < -0.39 is 5.91 Å². The van der Waals surface area contributed by atoms with Gasteiger partial charge in [-0.25, -0.2) is 4.98 Å². The third-order valence-electron chi connectivity index (χ3n) is 2.61. The summed E-state index contributed by atoms with van der Waals surface area (Å²) in [7, 11) is 0. The van der Waals surface area contributed by atoms with Crippen LogP contribution in [0, 0.1) is 11.3 Å². The monoisotopic (exact) mass is 315 g/mol. The van der Waals surface area contributed by atoms with Crippen molar-refractivity contribution in [3.05, 3.63) is 40.9 Å². The van der Waals surface area contributed by atoms with Crippen molar-refractivity contribution in [3.8, 4) is 17.6 Å². The molecule has 2 rings (SSSR count). The summed E-state index contributed by atoms with van der Waals surface area (Å²) in [6.45, 7) is 2.19. The Kier molecular flexibility index (Phi) is 5.11. The molecule has 0 fully saturated rings. The van der Waals surface area contributed by atoms with Gasteiger partial charge in [0.1, 0.15) is 11.6 Å². The summed E-state index contributed by atoms with van der Waals surface area (Å²) in [5.41, 5.74) is 0.510. The van der Waals surface area contributed by atoms with Gasteiger partial charge in [0.25, 0.3) is 5.91 Å². The first-order valence-electron chi connectivity index (χ1n) is 6.42. The summed E-state index contributed by atoms with van der Waals surface area (Å²) in [6.07, 6.45) is 2.98. The van der Waals surface area contributed by atoms with Crippen molar-refractivity contribution < 1.29 is 14.6 Å². The normalized spacial score (nSPS) is 10.8. The van der Waals surface area contributed by atoms with E-state index >= 15 is 0 Å². The molecule has 1 aromatic carbocycles. The Labute approximate surface area is 131 Å². The Bertz CT molecular complexity index is 733. The number of nitriles is 1. The zero-order valence-corrected chi connectivity index (χ0v) is 12.6. The van der Waals surface area contributed by atoms with Gasteiger partial charge in [0.2, 0.25) is 0 Å². The largest absolute Gasteiger partial charge is 0.504 e. The molecule has 112 valence electrons. The number of amides is 1. The van der Waals surface area contributed by atoms with E-state index in [4.69, 9.17) is 10.00 Å². The number of thiazole rings is 1. The number of carbonyl (C=O) groups is 1. The second kappa shape index (κ2) is 7.24. The third-order valence-corrected chi connectivity index (χ3v) is 3.30. The highest BCUT2D eigenvalue weighted by Crippen LogP contribution is 2.27. The fraction of sp³-hybridized carbons (Fsp3) is 0.133. The van der Waals surface area contributed by atoms with Crippen LogP contribution in [-0.2, 0) is 4.79 Å². The van der Waals surface area contributed by atoms with Crippen molar-refractivity contribution in [1.29, 1.82) is 5.26 Å². The first kappa shape index (κ1) is 15.5. The molecule has 0 radical (unpaired) electrons. The molecule has 0 atom stereocenters. The van der Waals surface area contributed by atoms with E-state index in [0.29, 0.717) is 23.1 Å². The molecule has 0 aliphatic heterocycles. The predicted molar refractivity (Wildman–Crippen MR) is 83.6 cm³/mol. The number of rotatable bonds is 5. The molecule has 22 heavy (non-hydrogen) atoms. The van der Waals surface area contributed by atoms with Crippen LogP contribution in [0.25, 0.3) is 6.08 Å². The van der Waals surface area contributed by atoms with E-state index in [1.54, 1.807) is 30.6 Å². The number of aromatic nitrogens is 1. The lowest BCUT2D eigenvalue weighted by Crippen LogP contribution is -2.13. The molecule has 2 N–H and O–H groups in total. The van der Waals surface area contributed by atoms with Crippen molar-refractivity contribution in [2.24, 2.45) is 0 Å². The molecule has 1 heterocycles. The number of benzene rings is 1. The summed E-state index contributed by atoms with van der Waals surface area (Å²) in [6, 6.07) is 6.45. The summed E-state index contributed by atoms with van der Waals surface area (Å²) < 4.78 is 5.27. The molecule has 0 saturated heterocycles. The molecule has 0 unspecified atom stereocenters. The minimum absolute atomic E-state index is 0.00439.